The number of benzene rings is 3. The van der Waals surface area contributed by atoms with E-state index in [1.54, 1.807) is 0 Å². The van der Waals surface area contributed by atoms with Crippen molar-refractivity contribution in [3.63, 3.8) is 0 Å². The number of hydrogen-bond donors (Lipinski definition) is 2. The van der Waals surface area contributed by atoms with Gasteiger partial charge in [0.15, 0.2) is 0 Å². The minimum Gasteiger partial charge on any atom is -0.478 e. The zero-order valence-corrected chi connectivity index (χ0v) is 21.2. The predicted molar refractivity (Wildman–Crippen MR) is 144 cm³/mol. The summed E-state index contributed by atoms with van der Waals surface area (Å²) in [4.78, 5) is 25.9. The third kappa shape index (κ3) is 4.29. The molecule has 1 aliphatic carbocycles. The summed E-state index contributed by atoms with van der Waals surface area (Å²) in [7, 11) is 0. The quantitative estimate of drug-likeness (QED) is 0.284. The monoisotopic (exact) mass is 497 g/mol. The van der Waals surface area contributed by atoms with Gasteiger partial charge in [-0.3, -0.25) is 5.32 Å². The third-order valence-corrected chi connectivity index (χ3v) is 7.74. The van der Waals surface area contributed by atoms with Crippen LogP contribution in [0.5, 0.6) is 0 Å². The Bertz CT molecular complexity index is 1410. The average Bonchev–Trinajstić information content (AvgIpc) is 3.37. The van der Waals surface area contributed by atoms with E-state index in [4.69, 9.17) is 4.74 Å². The molecule has 5 rings (SSSR count). The van der Waals surface area contributed by atoms with E-state index in [1.807, 2.05) is 55.5 Å². The molecule has 0 atom stereocenters. The highest BCUT2D eigenvalue weighted by atomic mass is 32.1. The Morgan fingerprint density at radius 3 is 2.08 bits per heavy atom. The van der Waals surface area contributed by atoms with E-state index in [2.05, 4.69) is 43.4 Å². The van der Waals surface area contributed by atoms with Crippen molar-refractivity contribution in [3.8, 4) is 22.3 Å². The molecule has 6 heteroatoms. The first-order chi connectivity index (χ1) is 17.3. The van der Waals surface area contributed by atoms with Gasteiger partial charge in [0.2, 0.25) is 0 Å². The van der Waals surface area contributed by atoms with Gasteiger partial charge in [0, 0.05) is 16.4 Å². The van der Waals surface area contributed by atoms with Crippen molar-refractivity contribution in [3.05, 3.63) is 99.9 Å². The van der Waals surface area contributed by atoms with E-state index >= 15 is 0 Å². The minimum absolute atomic E-state index is 0.0674. The second-order valence-electron chi connectivity index (χ2n) is 9.27. The van der Waals surface area contributed by atoms with Crippen LogP contribution in [0.15, 0.2) is 72.8 Å². The van der Waals surface area contributed by atoms with Crippen LogP contribution in [-0.2, 0) is 4.74 Å². The lowest BCUT2D eigenvalue weighted by Gasteiger charge is -2.14. The van der Waals surface area contributed by atoms with Gasteiger partial charge in [0.05, 0.1) is 0 Å². The molecule has 4 aromatic rings. The molecule has 1 aromatic heterocycles. The molecule has 3 aromatic carbocycles. The summed E-state index contributed by atoms with van der Waals surface area (Å²) in [5.74, 6) is -0.772. The molecule has 0 fully saturated rings. The Balaban J connectivity index is 1.37. The molecule has 0 radical (unpaired) electrons. The number of fused-ring (bicyclic) bond motifs is 3. The number of ether oxygens (including phenoxy) is 1. The maximum Gasteiger partial charge on any atom is 0.412 e. The third-order valence-electron chi connectivity index (χ3n) is 6.72. The van der Waals surface area contributed by atoms with Crippen molar-refractivity contribution >= 4 is 28.4 Å². The van der Waals surface area contributed by atoms with E-state index in [-0.39, 0.29) is 23.1 Å². The van der Waals surface area contributed by atoms with Crippen LogP contribution < -0.4 is 5.32 Å². The van der Waals surface area contributed by atoms with Gasteiger partial charge in [-0.25, -0.2) is 9.59 Å². The molecule has 36 heavy (non-hydrogen) atoms. The van der Waals surface area contributed by atoms with Crippen molar-refractivity contribution in [1.82, 2.24) is 0 Å². The predicted octanol–water partition coefficient (Wildman–Crippen LogP) is 7.91. The van der Waals surface area contributed by atoms with Crippen molar-refractivity contribution in [2.24, 2.45) is 0 Å². The van der Waals surface area contributed by atoms with Crippen LogP contribution in [0.1, 0.15) is 57.6 Å². The molecule has 0 bridgehead atoms. The molecule has 1 heterocycles. The number of nitrogens with one attached hydrogen (secondary N) is 1. The van der Waals surface area contributed by atoms with Crippen LogP contribution in [0.2, 0.25) is 0 Å². The highest BCUT2D eigenvalue weighted by Gasteiger charge is 2.30. The number of rotatable bonds is 6. The Morgan fingerprint density at radius 2 is 1.53 bits per heavy atom. The van der Waals surface area contributed by atoms with Crippen LogP contribution in [0, 0.1) is 6.92 Å². The molecule has 0 aliphatic heterocycles. The number of hydrogen-bond acceptors (Lipinski definition) is 4. The number of aryl methyl sites for hydroxylation is 1. The molecule has 5 nitrogen and oxygen atoms in total. The highest BCUT2D eigenvalue weighted by molar-refractivity contribution is 7.17. The molecule has 0 unspecified atom stereocenters. The second-order valence-corrected chi connectivity index (χ2v) is 10.5. The molecule has 0 saturated heterocycles. The SMILES string of the molecule is Cc1sc(NC(=O)OCC2c3ccccc3-c3ccccc32)c(C(=O)O)c1-c1ccc(C(C)C)cc1. The number of carboxylic acid groups (broad SMARTS) is 1. The number of carbonyl (C=O) groups is 2. The molecular weight excluding hydrogens is 470 g/mol. The molecule has 0 saturated carbocycles. The summed E-state index contributed by atoms with van der Waals surface area (Å²) in [5.41, 5.74) is 7.25. The van der Waals surface area contributed by atoms with Crippen molar-refractivity contribution in [1.29, 1.82) is 0 Å². The van der Waals surface area contributed by atoms with Crippen LogP contribution >= 0.6 is 11.3 Å². The minimum atomic E-state index is -1.09. The van der Waals surface area contributed by atoms with Crippen molar-refractivity contribution in [2.45, 2.75) is 32.6 Å². The smallest absolute Gasteiger partial charge is 0.412 e. The molecule has 1 amide bonds. The first-order valence-electron chi connectivity index (χ1n) is 11.9. The lowest BCUT2D eigenvalue weighted by Crippen LogP contribution is -2.18. The number of thiophene rings is 1. The Hall–Kier alpha value is -3.90. The zero-order valence-electron chi connectivity index (χ0n) is 20.4. The first-order valence-corrected chi connectivity index (χ1v) is 12.8. The highest BCUT2D eigenvalue weighted by Crippen LogP contribution is 2.45. The summed E-state index contributed by atoms with van der Waals surface area (Å²) in [6.07, 6.45) is -0.665. The molecular formula is C30H27NO4S. The van der Waals surface area contributed by atoms with Crippen LogP contribution in [-0.4, -0.2) is 23.8 Å². The van der Waals surface area contributed by atoms with Gasteiger partial charge in [-0.2, -0.15) is 0 Å². The van der Waals surface area contributed by atoms with Crippen LogP contribution in [0.25, 0.3) is 22.3 Å². The molecule has 182 valence electrons. The number of carbonyl (C=O) groups excluding carboxylic acids is 1. The van der Waals surface area contributed by atoms with E-state index in [0.29, 0.717) is 11.5 Å². The zero-order chi connectivity index (χ0) is 25.4. The summed E-state index contributed by atoms with van der Waals surface area (Å²) >= 11 is 1.25. The summed E-state index contributed by atoms with van der Waals surface area (Å²) in [5, 5.41) is 13.0. The summed E-state index contributed by atoms with van der Waals surface area (Å²) in [6, 6.07) is 24.2. The normalized spacial score (nSPS) is 12.3. The standard InChI is InChI=1S/C30H27NO4S/c1-17(2)19-12-14-20(15-13-19)26-18(3)36-28(27(26)29(32)33)31-30(34)35-16-25-23-10-6-4-8-21(23)22-9-5-7-11-24(22)25/h4-15,17,25H,16H2,1-3H3,(H,31,34)(H,32,33). The van der Waals surface area contributed by atoms with Gasteiger partial charge in [-0.1, -0.05) is 86.6 Å². The summed E-state index contributed by atoms with van der Waals surface area (Å²) in [6.45, 7) is 6.26. The number of aromatic carboxylic acids is 1. The largest absolute Gasteiger partial charge is 0.478 e. The van der Waals surface area contributed by atoms with Crippen molar-refractivity contribution < 1.29 is 19.4 Å². The Morgan fingerprint density at radius 1 is 0.944 bits per heavy atom. The Kier molecular flexibility index (Phi) is 6.37. The number of carboxylic acids is 1. The molecule has 2 N–H and O–H groups in total. The first kappa shape index (κ1) is 23.8. The summed E-state index contributed by atoms with van der Waals surface area (Å²) < 4.78 is 5.64. The van der Waals surface area contributed by atoms with Gasteiger partial charge >= 0.3 is 12.1 Å². The fourth-order valence-corrected chi connectivity index (χ4v) is 6.00. The van der Waals surface area contributed by atoms with Crippen LogP contribution in [0.4, 0.5) is 9.80 Å². The van der Waals surface area contributed by atoms with Gasteiger partial charge < -0.3 is 9.84 Å². The lowest BCUT2D eigenvalue weighted by atomic mass is 9.97. The van der Waals surface area contributed by atoms with Gasteiger partial charge in [-0.05, 0) is 46.2 Å². The van der Waals surface area contributed by atoms with Gasteiger partial charge in [0.25, 0.3) is 0 Å². The van der Waals surface area contributed by atoms with E-state index in [0.717, 1.165) is 32.7 Å². The fourth-order valence-electron chi connectivity index (χ4n) is 4.95. The van der Waals surface area contributed by atoms with Gasteiger partial charge in [0.1, 0.15) is 17.2 Å². The van der Waals surface area contributed by atoms with Gasteiger partial charge in [-0.15, -0.1) is 11.3 Å². The molecule has 1 aliphatic rings. The number of amides is 1. The maximum absolute atomic E-state index is 12.8. The lowest BCUT2D eigenvalue weighted by molar-refractivity contribution is 0.0699. The van der Waals surface area contributed by atoms with E-state index in [9.17, 15) is 14.7 Å². The number of anilines is 1. The van der Waals surface area contributed by atoms with E-state index in [1.165, 1.54) is 16.9 Å². The fraction of sp³-hybridized carbons (Fsp3) is 0.200. The topological polar surface area (TPSA) is 75.6 Å². The average molecular weight is 498 g/mol. The molecule has 0 spiro atoms. The van der Waals surface area contributed by atoms with E-state index < -0.39 is 12.1 Å². The second kappa shape index (κ2) is 9.63. The van der Waals surface area contributed by atoms with Crippen LogP contribution in [0.3, 0.4) is 0 Å². The maximum atomic E-state index is 12.8. The van der Waals surface area contributed by atoms with Crippen molar-refractivity contribution in [2.75, 3.05) is 11.9 Å². The Labute approximate surface area is 214 Å².